The van der Waals surface area contributed by atoms with Crippen molar-refractivity contribution in [1.82, 2.24) is 24.4 Å². The molecule has 3 aromatic rings. The number of hydrogen-bond donors (Lipinski definition) is 0. The van der Waals surface area contributed by atoms with Crippen LogP contribution in [0, 0.1) is 0 Å². The van der Waals surface area contributed by atoms with E-state index >= 15 is 0 Å². The molecule has 2 aromatic heterocycles. The number of imidazole rings is 1. The molecule has 7 nitrogen and oxygen atoms in total. The predicted molar refractivity (Wildman–Crippen MR) is 122 cm³/mol. The van der Waals surface area contributed by atoms with Gasteiger partial charge in [0.1, 0.15) is 12.4 Å². The minimum Gasteiger partial charge on any atom is -0.347 e. The zero-order chi connectivity index (χ0) is 22.0. The lowest BCUT2D eigenvalue weighted by molar-refractivity contribution is -0.132. The summed E-state index contributed by atoms with van der Waals surface area (Å²) in [6, 6.07) is 7.58. The summed E-state index contributed by atoms with van der Waals surface area (Å²) >= 11 is 6.09. The molecular formula is C23H27ClN6O. The third kappa shape index (κ3) is 4.42. The summed E-state index contributed by atoms with van der Waals surface area (Å²) in [6.45, 7) is 3.06. The summed E-state index contributed by atoms with van der Waals surface area (Å²) in [6.07, 6.45) is 8.09. The Kier molecular flexibility index (Phi) is 6.23. The van der Waals surface area contributed by atoms with Crippen LogP contribution < -0.4 is 4.90 Å². The van der Waals surface area contributed by atoms with Gasteiger partial charge in [-0.2, -0.15) is 0 Å². The molecule has 1 amide bonds. The highest BCUT2D eigenvalue weighted by molar-refractivity contribution is 6.30. The molecule has 0 aliphatic carbocycles. The Morgan fingerprint density at radius 2 is 2.00 bits per heavy atom. The van der Waals surface area contributed by atoms with Gasteiger partial charge in [0.25, 0.3) is 0 Å². The van der Waals surface area contributed by atoms with Crippen LogP contribution in [0.5, 0.6) is 0 Å². The van der Waals surface area contributed by atoms with Crippen LogP contribution in [0.4, 0.5) is 5.95 Å². The molecule has 0 radical (unpaired) electrons. The number of aryl methyl sites for hydroxylation is 1. The summed E-state index contributed by atoms with van der Waals surface area (Å²) in [5.41, 5.74) is 2.81. The van der Waals surface area contributed by atoms with Crippen LogP contribution >= 0.6 is 11.6 Å². The van der Waals surface area contributed by atoms with Crippen molar-refractivity contribution in [3.63, 3.8) is 0 Å². The van der Waals surface area contributed by atoms with Gasteiger partial charge in [-0.3, -0.25) is 4.79 Å². The molecule has 0 unspecified atom stereocenters. The number of nitrogens with zero attached hydrogens (tertiary/aromatic N) is 6. The van der Waals surface area contributed by atoms with Gasteiger partial charge in [0.15, 0.2) is 0 Å². The smallest absolute Gasteiger partial charge is 0.243 e. The molecule has 0 N–H and O–H groups in total. The highest BCUT2D eigenvalue weighted by Gasteiger charge is 2.33. The molecule has 0 spiro atoms. The zero-order valence-corrected chi connectivity index (χ0v) is 18.9. The predicted octanol–water partition coefficient (Wildman–Crippen LogP) is 3.99. The Balaban J connectivity index is 1.69. The van der Waals surface area contributed by atoms with Gasteiger partial charge in [-0.25, -0.2) is 15.0 Å². The molecule has 1 aliphatic heterocycles. The minimum absolute atomic E-state index is 0.0854. The standard InChI is InChI=1S/C23H27ClN6O/c1-4-20-25-11-13-29(20)15-21(31)30-12-5-6-19(30)22-18(14-26-23(27-22)28(2)3)16-7-9-17(24)10-8-16/h7-11,13-14,19H,4-6,12,15H2,1-3H3/t19-/m0/s1. The first kappa shape index (κ1) is 21.3. The molecule has 1 aliphatic rings. The molecule has 1 atom stereocenters. The molecule has 4 rings (SSSR count). The van der Waals surface area contributed by atoms with Crippen molar-refractivity contribution in [3.8, 4) is 11.1 Å². The molecule has 162 valence electrons. The SMILES string of the molecule is CCc1nccn1CC(=O)N1CCC[C@H]1c1nc(N(C)C)ncc1-c1ccc(Cl)cc1. The van der Waals surface area contributed by atoms with E-state index in [0.717, 1.165) is 48.5 Å². The van der Waals surface area contributed by atoms with Gasteiger partial charge in [0, 0.05) is 56.2 Å². The Morgan fingerprint density at radius 1 is 1.23 bits per heavy atom. The normalized spacial score (nSPS) is 16.0. The second kappa shape index (κ2) is 9.06. The molecule has 8 heteroatoms. The monoisotopic (exact) mass is 438 g/mol. The van der Waals surface area contributed by atoms with E-state index < -0.39 is 0 Å². The quantitative estimate of drug-likeness (QED) is 0.582. The number of rotatable bonds is 6. The van der Waals surface area contributed by atoms with Crippen molar-refractivity contribution >= 4 is 23.5 Å². The molecular weight excluding hydrogens is 412 g/mol. The fraction of sp³-hybridized carbons (Fsp3) is 0.391. The van der Waals surface area contributed by atoms with Crippen molar-refractivity contribution in [3.05, 3.63) is 59.4 Å². The number of benzene rings is 1. The largest absolute Gasteiger partial charge is 0.347 e. The van der Waals surface area contributed by atoms with Gasteiger partial charge in [-0.15, -0.1) is 0 Å². The lowest BCUT2D eigenvalue weighted by atomic mass is 10.00. The maximum absolute atomic E-state index is 13.3. The first-order chi connectivity index (χ1) is 15.0. The van der Waals surface area contributed by atoms with E-state index in [4.69, 9.17) is 16.6 Å². The number of carbonyl (C=O) groups is 1. The lowest BCUT2D eigenvalue weighted by Gasteiger charge is -2.27. The third-order valence-electron chi connectivity index (χ3n) is 5.67. The van der Waals surface area contributed by atoms with Crippen molar-refractivity contribution in [2.75, 3.05) is 25.5 Å². The first-order valence-electron chi connectivity index (χ1n) is 10.6. The Morgan fingerprint density at radius 3 is 2.71 bits per heavy atom. The van der Waals surface area contributed by atoms with E-state index in [9.17, 15) is 4.79 Å². The molecule has 0 saturated carbocycles. The Bertz CT molecular complexity index is 1060. The summed E-state index contributed by atoms with van der Waals surface area (Å²) < 4.78 is 1.93. The second-order valence-electron chi connectivity index (χ2n) is 7.94. The van der Waals surface area contributed by atoms with E-state index in [1.807, 2.05) is 72.0 Å². The van der Waals surface area contributed by atoms with Crippen molar-refractivity contribution in [2.24, 2.45) is 0 Å². The highest BCUT2D eigenvalue weighted by atomic mass is 35.5. The number of amides is 1. The molecule has 3 heterocycles. The molecule has 0 bridgehead atoms. The van der Waals surface area contributed by atoms with Gasteiger partial charge in [0.05, 0.1) is 11.7 Å². The van der Waals surface area contributed by atoms with E-state index in [-0.39, 0.29) is 11.9 Å². The lowest BCUT2D eigenvalue weighted by Crippen LogP contribution is -2.34. The van der Waals surface area contributed by atoms with Gasteiger partial charge in [-0.05, 0) is 30.5 Å². The van der Waals surface area contributed by atoms with Crippen LogP contribution in [0.2, 0.25) is 5.02 Å². The van der Waals surface area contributed by atoms with Crippen LogP contribution in [0.15, 0.2) is 42.9 Å². The molecule has 1 fully saturated rings. The van der Waals surface area contributed by atoms with Crippen molar-refractivity contribution in [2.45, 2.75) is 38.8 Å². The van der Waals surface area contributed by atoms with Crippen LogP contribution in [0.3, 0.4) is 0 Å². The summed E-state index contributed by atoms with van der Waals surface area (Å²) in [5, 5.41) is 0.681. The number of carbonyl (C=O) groups excluding carboxylic acids is 1. The molecule has 31 heavy (non-hydrogen) atoms. The maximum atomic E-state index is 13.3. The van der Waals surface area contributed by atoms with E-state index in [1.165, 1.54) is 0 Å². The summed E-state index contributed by atoms with van der Waals surface area (Å²) in [4.78, 5) is 30.9. The number of halogens is 1. The van der Waals surface area contributed by atoms with Gasteiger partial charge >= 0.3 is 0 Å². The maximum Gasteiger partial charge on any atom is 0.243 e. The van der Waals surface area contributed by atoms with Crippen LogP contribution in [-0.4, -0.2) is 51.0 Å². The first-order valence-corrected chi connectivity index (χ1v) is 11.0. The minimum atomic E-state index is -0.0894. The zero-order valence-electron chi connectivity index (χ0n) is 18.1. The van der Waals surface area contributed by atoms with Gasteiger partial charge < -0.3 is 14.4 Å². The average Bonchev–Trinajstić information content (AvgIpc) is 3.43. The van der Waals surface area contributed by atoms with E-state index in [1.54, 1.807) is 6.20 Å². The van der Waals surface area contributed by atoms with Gasteiger partial charge in [0.2, 0.25) is 11.9 Å². The van der Waals surface area contributed by atoms with Crippen molar-refractivity contribution in [1.29, 1.82) is 0 Å². The summed E-state index contributed by atoms with van der Waals surface area (Å²) in [7, 11) is 3.84. The van der Waals surface area contributed by atoms with E-state index in [2.05, 4.69) is 9.97 Å². The fourth-order valence-electron chi connectivity index (χ4n) is 4.09. The second-order valence-corrected chi connectivity index (χ2v) is 8.38. The average molecular weight is 439 g/mol. The van der Waals surface area contributed by atoms with Crippen LogP contribution in [0.25, 0.3) is 11.1 Å². The molecule has 1 aromatic carbocycles. The van der Waals surface area contributed by atoms with Gasteiger partial charge in [-0.1, -0.05) is 30.7 Å². The number of aromatic nitrogens is 4. The van der Waals surface area contributed by atoms with Crippen LogP contribution in [0.1, 0.15) is 37.3 Å². The van der Waals surface area contributed by atoms with E-state index in [0.29, 0.717) is 17.5 Å². The van der Waals surface area contributed by atoms with Crippen molar-refractivity contribution < 1.29 is 4.79 Å². The highest BCUT2D eigenvalue weighted by Crippen LogP contribution is 2.37. The number of hydrogen-bond acceptors (Lipinski definition) is 5. The molecule has 1 saturated heterocycles. The number of likely N-dealkylation sites (tertiary alicyclic amines) is 1. The Hall–Kier alpha value is -2.93. The fourth-order valence-corrected chi connectivity index (χ4v) is 4.22. The Labute approximate surface area is 187 Å². The topological polar surface area (TPSA) is 67.2 Å². The van der Waals surface area contributed by atoms with Crippen LogP contribution in [-0.2, 0) is 17.8 Å². The third-order valence-corrected chi connectivity index (χ3v) is 5.93. The number of anilines is 1. The summed E-state index contributed by atoms with van der Waals surface area (Å²) in [5.74, 6) is 1.64.